The van der Waals surface area contributed by atoms with Gasteiger partial charge in [0.25, 0.3) is 0 Å². The Hall–Kier alpha value is -0.300. The summed E-state index contributed by atoms with van der Waals surface area (Å²) in [7, 11) is 0. The smallest absolute Gasteiger partial charge is 0.0395 e. The molecule has 0 N–H and O–H groups in total. The minimum atomic E-state index is 0.544. The predicted octanol–water partition coefficient (Wildman–Crippen LogP) is 6.12. The van der Waals surface area contributed by atoms with Crippen molar-refractivity contribution in [1.82, 2.24) is 0 Å². The van der Waals surface area contributed by atoms with E-state index in [0.717, 1.165) is 11.8 Å². The molecule has 18 heavy (non-hydrogen) atoms. The van der Waals surface area contributed by atoms with Crippen molar-refractivity contribution in [3.05, 3.63) is 35.9 Å². The van der Waals surface area contributed by atoms with Crippen LogP contribution in [0.25, 0.3) is 0 Å². The molecule has 0 aromatic heterocycles. The monoisotopic (exact) mass is 308 g/mol. The molecule has 1 aliphatic rings. The number of benzene rings is 1. The summed E-state index contributed by atoms with van der Waals surface area (Å²) < 4.78 is 0. The maximum atomic E-state index is 3.84. The van der Waals surface area contributed by atoms with Crippen LogP contribution in [0, 0.1) is 11.8 Å². The van der Waals surface area contributed by atoms with Gasteiger partial charge in [-0.2, -0.15) is 0 Å². The van der Waals surface area contributed by atoms with Gasteiger partial charge in [-0.05, 0) is 30.2 Å². The predicted molar refractivity (Wildman–Crippen MR) is 83.1 cm³/mol. The first-order valence-electron chi connectivity index (χ1n) is 7.48. The van der Waals surface area contributed by atoms with Crippen molar-refractivity contribution >= 4 is 15.9 Å². The SMILES string of the molecule is CCC1CCC(CCC(Br)c2ccccc2)CC1. The average Bonchev–Trinajstić information content (AvgIpc) is 2.46. The molecule has 0 spiro atoms. The van der Waals surface area contributed by atoms with Gasteiger partial charge < -0.3 is 0 Å². The third-order valence-corrected chi connectivity index (χ3v) is 5.52. The van der Waals surface area contributed by atoms with Crippen LogP contribution >= 0.6 is 15.9 Å². The minimum absolute atomic E-state index is 0.544. The second-order valence-electron chi connectivity index (χ2n) is 5.75. The van der Waals surface area contributed by atoms with Gasteiger partial charge >= 0.3 is 0 Å². The van der Waals surface area contributed by atoms with E-state index in [2.05, 4.69) is 53.2 Å². The standard InChI is InChI=1S/C17H25Br/c1-2-14-8-10-15(11-9-14)12-13-17(18)16-6-4-3-5-7-16/h3-7,14-15,17H,2,8-13H2,1H3. The Balaban J connectivity index is 1.72. The lowest BCUT2D eigenvalue weighted by atomic mass is 9.79. The Bertz CT molecular complexity index is 325. The van der Waals surface area contributed by atoms with Gasteiger partial charge in [-0.1, -0.05) is 85.3 Å². The number of alkyl halides is 1. The zero-order valence-corrected chi connectivity index (χ0v) is 13.0. The topological polar surface area (TPSA) is 0 Å². The number of hydrogen-bond acceptors (Lipinski definition) is 0. The first-order valence-corrected chi connectivity index (χ1v) is 8.40. The van der Waals surface area contributed by atoms with E-state index in [9.17, 15) is 0 Å². The van der Waals surface area contributed by atoms with Gasteiger partial charge in [0, 0.05) is 4.83 Å². The zero-order valence-electron chi connectivity index (χ0n) is 11.4. The van der Waals surface area contributed by atoms with Gasteiger partial charge in [0.2, 0.25) is 0 Å². The van der Waals surface area contributed by atoms with Crippen LogP contribution in [0.3, 0.4) is 0 Å². The van der Waals surface area contributed by atoms with E-state index in [1.807, 2.05) is 0 Å². The lowest BCUT2D eigenvalue weighted by molar-refractivity contribution is 0.255. The van der Waals surface area contributed by atoms with Gasteiger partial charge in [-0.25, -0.2) is 0 Å². The van der Waals surface area contributed by atoms with Crippen LogP contribution in [0.15, 0.2) is 30.3 Å². The fraction of sp³-hybridized carbons (Fsp3) is 0.647. The van der Waals surface area contributed by atoms with Gasteiger partial charge in [0.05, 0.1) is 0 Å². The summed E-state index contributed by atoms with van der Waals surface area (Å²) in [6, 6.07) is 10.8. The molecule has 100 valence electrons. The molecule has 0 amide bonds. The van der Waals surface area contributed by atoms with Crippen molar-refractivity contribution in [2.45, 2.75) is 56.7 Å². The van der Waals surface area contributed by atoms with E-state index in [-0.39, 0.29) is 0 Å². The van der Waals surface area contributed by atoms with Crippen LogP contribution in [0.2, 0.25) is 0 Å². The molecule has 1 atom stereocenters. The van der Waals surface area contributed by atoms with Gasteiger partial charge in [-0.3, -0.25) is 0 Å². The molecule has 1 unspecified atom stereocenters. The third kappa shape index (κ3) is 4.12. The van der Waals surface area contributed by atoms with Crippen molar-refractivity contribution in [1.29, 1.82) is 0 Å². The fourth-order valence-electron chi connectivity index (χ4n) is 3.14. The Morgan fingerprint density at radius 1 is 1.06 bits per heavy atom. The molecule has 0 radical (unpaired) electrons. The highest BCUT2D eigenvalue weighted by atomic mass is 79.9. The van der Waals surface area contributed by atoms with E-state index in [0.29, 0.717) is 4.83 Å². The number of halogens is 1. The molecule has 0 nitrogen and oxygen atoms in total. The third-order valence-electron chi connectivity index (χ3n) is 4.53. The lowest BCUT2D eigenvalue weighted by Gasteiger charge is -2.28. The second-order valence-corrected chi connectivity index (χ2v) is 6.86. The second kappa shape index (κ2) is 7.33. The molecular weight excluding hydrogens is 284 g/mol. The zero-order chi connectivity index (χ0) is 12.8. The molecule has 0 bridgehead atoms. The summed E-state index contributed by atoms with van der Waals surface area (Å²) in [5.74, 6) is 2.01. The highest BCUT2D eigenvalue weighted by Gasteiger charge is 2.20. The lowest BCUT2D eigenvalue weighted by Crippen LogP contribution is -2.14. The van der Waals surface area contributed by atoms with E-state index in [1.54, 1.807) is 0 Å². The fourth-order valence-corrected chi connectivity index (χ4v) is 3.71. The highest BCUT2D eigenvalue weighted by Crippen LogP contribution is 2.36. The number of rotatable bonds is 5. The maximum absolute atomic E-state index is 3.84. The quantitative estimate of drug-likeness (QED) is 0.575. The molecule has 1 saturated carbocycles. The summed E-state index contributed by atoms with van der Waals surface area (Å²) in [5, 5.41) is 0. The highest BCUT2D eigenvalue weighted by molar-refractivity contribution is 9.09. The molecule has 0 heterocycles. The normalized spacial score (nSPS) is 25.9. The van der Waals surface area contributed by atoms with Crippen LogP contribution in [-0.4, -0.2) is 0 Å². The maximum Gasteiger partial charge on any atom is 0.0395 e. The molecule has 2 rings (SSSR count). The Morgan fingerprint density at radius 3 is 2.28 bits per heavy atom. The Labute approximate surface area is 120 Å². The molecule has 1 aromatic rings. The summed E-state index contributed by atoms with van der Waals surface area (Å²) in [5.41, 5.74) is 1.43. The van der Waals surface area contributed by atoms with Crippen molar-refractivity contribution in [3.8, 4) is 0 Å². The van der Waals surface area contributed by atoms with Crippen molar-refractivity contribution < 1.29 is 0 Å². The molecule has 1 fully saturated rings. The van der Waals surface area contributed by atoms with Crippen molar-refractivity contribution in [3.63, 3.8) is 0 Å². The largest absolute Gasteiger partial charge is 0.0839 e. The van der Waals surface area contributed by atoms with Crippen LogP contribution in [-0.2, 0) is 0 Å². The summed E-state index contributed by atoms with van der Waals surface area (Å²) in [6.07, 6.45) is 9.93. The molecule has 1 heteroatoms. The molecule has 1 aliphatic carbocycles. The van der Waals surface area contributed by atoms with Crippen LogP contribution in [0.1, 0.15) is 62.3 Å². The first kappa shape index (κ1) is 14.1. The van der Waals surface area contributed by atoms with E-state index in [4.69, 9.17) is 0 Å². The summed E-state index contributed by atoms with van der Waals surface area (Å²) in [4.78, 5) is 0.544. The molecule has 1 aromatic carbocycles. The molecular formula is C17H25Br. The van der Waals surface area contributed by atoms with Gasteiger partial charge in [-0.15, -0.1) is 0 Å². The Kier molecular flexibility index (Phi) is 5.75. The van der Waals surface area contributed by atoms with Gasteiger partial charge in [0.15, 0.2) is 0 Å². The van der Waals surface area contributed by atoms with Crippen LogP contribution in [0.4, 0.5) is 0 Å². The molecule has 0 aliphatic heterocycles. The van der Waals surface area contributed by atoms with Crippen molar-refractivity contribution in [2.75, 3.05) is 0 Å². The van der Waals surface area contributed by atoms with Gasteiger partial charge in [0.1, 0.15) is 0 Å². The Morgan fingerprint density at radius 2 is 1.67 bits per heavy atom. The van der Waals surface area contributed by atoms with E-state index >= 15 is 0 Å². The van der Waals surface area contributed by atoms with Crippen LogP contribution in [0.5, 0.6) is 0 Å². The van der Waals surface area contributed by atoms with Crippen molar-refractivity contribution in [2.24, 2.45) is 11.8 Å². The van der Waals surface area contributed by atoms with E-state index < -0.39 is 0 Å². The first-order chi connectivity index (χ1) is 8.79. The summed E-state index contributed by atoms with van der Waals surface area (Å²) >= 11 is 3.84. The minimum Gasteiger partial charge on any atom is -0.0839 e. The summed E-state index contributed by atoms with van der Waals surface area (Å²) in [6.45, 7) is 2.34. The van der Waals surface area contributed by atoms with E-state index in [1.165, 1.54) is 50.5 Å². The van der Waals surface area contributed by atoms with Crippen LogP contribution < -0.4 is 0 Å². The molecule has 0 saturated heterocycles. The average molecular weight is 309 g/mol. The number of hydrogen-bond donors (Lipinski definition) is 0.